The van der Waals surface area contributed by atoms with Gasteiger partial charge in [0.05, 0.1) is 0 Å². The standard InChI is InChI=1S/C19H25NO/c1-13(2)17-11-10-14(3)18(12-17)21-19(15(4)20)16-8-6-5-7-9-16/h5-13,15,19H,20H2,1-4H3. The Morgan fingerprint density at radius 2 is 1.57 bits per heavy atom. The van der Waals surface area contributed by atoms with Crippen LogP contribution < -0.4 is 10.5 Å². The molecule has 2 heteroatoms. The molecule has 0 heterocycles. The maximum Gasteiger partial charge on any atom is 0.138 e. The van der Waals surface area contributed by atoms with Gasteiger partial charge in [-0.1, -0.05) is 56.3 Å². The zero-order valence-electron chi connectivity index (χ0n) is 13.3. The molecule has 0 aromatic heterocycles. The molecule has 0 aliphatic heterocycles. The van der Waals surface area contributed by atoms with Crippen LogP contribution in [-0.4, -0.2) is 6.04 Å². The number of nitrogens with two attached hydrogens (primary N) is 1. The molecule has 2 aromatic carbocycles. The zero-order valence-corrected chi connectivity index (χ0v) is 13.3. The molecule has 0 saturated carbocycles. The van der Waals surface area contributed by atoms with Crippen LogP contribution in [0.3, 0.4) is 0 Å². The molecule has 0 fully saturated rings. The molecule has 0 aliphatic rings. The first kappa shape index (κ1) is 15.6. The molecule has 0 radical (unpaired) electrons. The van der Waals surface area contributed by atoms with Gasteiger partial charge in [-0.05, 0) is 42.5 Å². The predicted molar refractivity (Wildman–Crippen MR) is 88.7 cm³/mol. The van der Waals surface area contributed by atoms with Gasteiger partial charge in [0.25, 0.3) is 0 Å². The largest absolute Gasteiger partial charge is 0.484 e. The van der Waals surface area contributed by atoms with Crippen LogP contribution >= 0.6 is 0 Å². The molecule has 0 bridgehead atoms. The summed E-state index contributed by atoms with van der Waals surface area (Å²) in [6.07, 6.45) is -0.132. The van der Waals surface area contributed by atoms with Gasteiger partial charge in [-0.3, -0.25) is 0 Å². The van der Waals surface area contributed by atoms with E-state index in [-0.39, 0.29) is 12.1 Å². The van der Waals surface area contributed by atoms with E-state index in [4.69, 9.17) is 10.5 Å². The third-order valence-electron chi connectivity index (χ3n) is 3.74. The molecule has 2 rings (SSSR count). The summed E-state index contributed by atoms with van der Waals surface area (Å²) in [6, 6.07) is 16.5. The molecule has 0 saturated heterocycles. The summed E-state index contributed by atoms with van der Waals surface area (Å²) in [5.41, 5.74) is 9.68. The van der Waals surface area contributed by atoms with Gasteiger partial charge in [0.1, 0.15) is 11.9 Å². The lowest BCUT2D eigenvalue weighted by atomic mass is 10.0. The highest BCUT2D eigenvalue weighted by molar-refractivity contribution is 5.38. The van der Waals surface area contributed by atoms with Gasteiger partial charge in [-0.2, -0.15) is 0 Å². The van der Waals surface area contributed by atoms with Crippen molar-refractivity contribution in [2.45, 2.75) is 45.8 Å². The molecule has 2 atom stereocenters. The SMILES string of the molecule is Cc1ccc(C(C)C)cc1OC(c1ccccc1)C(C)N. The van der Waals surface area contributed by atoms with Crippen molar-refractivity contribution in [3.8, 4) is 5.75 Å². The summed E-state index contributed by atoms with van der Waals surface area (Å²) in [6.45, 7) is 8.44. The fourth-order valence-electron chi connectivity index (χ4n) is 2.36. The highest BCUT2D eigenvalue weighted by Gasteiger charge is 2.19. The minimum Gasteiger partial charge on any atom is -0.484 e. The zero-order chi connectivity index (χ0) is 15.4. The second kappa shape index (κ2) is 6.77. The van der Waals surface area contributed by atoms with Crippen LogP contribution in [0.2, 0.25) is 0 Å². The van der Waals surface area contributed by atoms with Gasteiger partial charge in [-0.15, -0.1) is 0 Å². The summed E-state index contributed by atoms with van der Waals surface area (Å²) in [7, 11) is 0. The van der Waals surface area contributed by atoms with Crippen molar-refractivity contribution < 1.29 is 4.74 Å². The molecule has 2 nitrogen and oxygen atoms in total. The van der Waals surface area contributed by atoms with Gasteiger partial charge in [0.15, 0.2) is 0 Å². The Kier molecular flexibility index (Phi) is 5.03. The molecule has 0 amide bonds. The van der Waals surface area contributed by atoms with Crippen molar-refractivity contribution in [2.24, 2.45) is 5.73 Å². The Morgan fingerprint density at radius 1 is 0.905 bits per heavy atom. The summed E-state index contributed by atoms with van der Waals surface area (Å²) in [5, 5.41) is 0. The average molecular weight is 283 g/mol. The van der Waals surface area contributed by atoms with E-state index in [1.54, 1.807) is 0 Å². The first-order valence-corrected chi connectivity index (χ1v) is 7.56. The predicted octanol–water partition coefficient (Wildman–Crippen LogP) is 4.59. The van der Waals surface area contributed by atoms with E-state index >= 15 is 0 Å². The minimum absolute atomic E-state index is 0.0745. The van der Waals surface area contributed by atoms with E-state index in [0.29, 0.717) is 5.92 Å². The molecular weight excluding hydrogens is 258 g/mol. The molecule has 0 aliphatic carbocycles. The van der Waals surface area contributed by atoms with Gasteiger partial charge in [0.2, 0.25) is 0 Å². The maximum absolute atomic E-state index is 6.26. The Balaban J connectivity index is 2.31. The first-order valence-electron chi connectivity index (χ1n) is 7.56. The number of benzene rings is 2. The van der Waals surface area contributed by atoms with Crippen LogP contribution in [0.4, 0.5) is 0 Å². The monoisotopic (exact) mass is 283 g/mol. The van der Waals surface area contributed by atoms with E-state index in [0.717, 1.165) is 16.9 Å². The van der Waals surface area contributed by atoms with Crippen molar-refractivity contribution in [1.29, 1.82) is 0 Å². The molecule has 112 valence electrons. The van der Waals surface area contributed by atoms with E-state index in [1.165, 1.54) is 5.56 Å². The van der Waals surface area contributed by atoms with Crippen LogP contribution in [0.5, 0.6) is 5.75 Å². The number of rotatable bonds is 5. The Morgan fingerprint density at radius 3 is 2.14 bits per heavy atom. The lowest BCUT2D eigenvalue weighted by Gasteiger charge is -2.24. The van der Waals surface area contributed by atoms with Crippen molar-refractivity contribution in [2.75, 3.05) is 0 Å². The van der Waals surface area contributed by atoms with Crippen LogP contribution in [0.1, 0.15) is 49.5 Å². The second-order valence-electron chi connectivity index (χ2n) is 5.99. The first-order chi connectivity index (χ1) is 9.99. The fraction of sp³-hybridized carbons (Fsp3) is 0.368. The normalized spacial score (nSPS) is 14.0. The van der Waals surface area contributed by atoms with E-state index < -0.39 is 0 Å². The Bertz CT molecular complexity index is 575. The van der Waals surface area contributed by atoms with Crippen molar-refractivity contribution in [3.63, 3.8) is 0 Å². The lowest BCUT2D eigenvalue weighted by Crippen LogP contribution is -2.29. The van der Waals surface area contributed by atoms with Crippen molar-refractivity contribution >= 4 is 0 Å². The Labute approximate surface area is 127 Å². The molecule has 21 heavy (non-hydrogen) atoms. The van der Waals surface area contributed by atoms with Gasteiger partial charge in [-0.25, -0.2) is 0 Å². The lowest BCUT2D eigenvalue weighted by molar-refractivity contribution is 0.179. The number of aryl methyl sites for hydroxylation is 1. The highest BCUT2D eigenvalue weighted by Crippen LogP contribution is 2.29. The molecule has 2 aromatic rings. The Hall–Kier alpha value is -1.80. The van der Waals surface area contributed by atoms with Crippen molar-refractivity contribution in [1.82, 2.24) is 0 Å². The third-order valence-corrected chi connectivity index (χ3v) is 3.74. The number of ether oxygens (including phenoxy) is 1. The van der Waals surface area contributed by atoms with Gasteiger partial charge in [0, 0.05) is 6.04 Å². The number of hydrogen-bond acceptors (Lipinski definition) is 2. The quantitative estimate of drug-likeness (QED) is 0.871. The molecule has 2 N–H and O–H groups in total. The molecule has 2 unspecified atom stereocenters. The van der Waals surface area contributed by atoms with Crippen LogP contribution in [0.25, 0.3) is 0 Å². The second-order valence-corrected chi connectivity index (χ2v) is 5.99. The van der Waals surface area contributed by atoms with Crippen LogP contribution in [0.15, 0.2) is 48.5 Å². The highest BCUT2D eigenvalue weighted by atomic mass is 16.5. The van der Waals surface area contributed by atoms with Gasteiger partial charge < -0.3 is 10.5 Å². The summed E-state index contributed by atoms with van der Waals surface area (Å²) < 4.78 is 6.26. The van der Waals surface area contributed by atoms with E-state index in [1.807, 2.05) is 25.1 Å². The van der Waals surface area contributed by atoms with Crippen molar-refractivity contribution in [3.05, 3.63) is 65.2 Å². The smallest absolute Gasteiger partial charge is 0.138 e. The third kappa shape index (κ3) is 3.85. The topological polar surface area (TPSA) is 35.2 Å². The molecular formula is C19H25NO. The fourth-order valence-corrected chi connectivity index (χ4v) is 2.36. The van der Waals surface area contributed by atoms with Gasteiger partial charge >= 0.3 is 0 Å². The number of hydrogen-bond donors (Lipinski definition) is 1. The average Bonchev–Trinajstić information content (AvgIpc) is 2.46. The summed E-state index contributed by atoms with van der Waals surface area (Å²) >= 11 is 0. The molecule has 0 spiro atoms. The minimum atomic E-state index is -0.132. The summed E-state index contributed by atoms with van der Waals surface area (Å²) in [5.74, 6) is 1.41. The summed E-state index contributed by atoms with van der Waals surface area (Å²) in [4.78, 5) is 0. The van der Waals surface area contributed by atoms with Crippen LogP contribution in [0, 0.1) is 6.92 Å². The maximum atomic E-state index is 6.26. The van der Waals surface area contributed by atoms with E-state index in [2.05, 4.69) is 51.1 Å². The van der Waals surface area contributed by atoms with Crippen LogP contribution in [-0.2, 0) is 0 Å². The van der Waals surface area contributed by atoms with E-state index in [9.17, 15) is 0 Å².